The second-order valence-electron chi connectivity index (χ2n) is 5.44. The minimum Gasteiger partial charge on any atom is -0.465 e. The Morgan fingerprint density at radius 2 is 1.79 bits per heavy atom. The molecule has 5 heteroatoms. The Balaban J connectivity index is 1.87. The van der Waals surface area contributed by atoms with Gasteiger partial charge in [-0.15, -0.1) is 0 Å². The van der Waals surface area contributed by atoms with Crippen LogP contribution < -0.4 is 0 Å². The van der Waals surface area contributed by atoms with E-state index in [0.717, 1.165) is 5.56 Å². The van der Waals surface area contributed by atoms with E-state index in [0.29, 0.717) is 22.9 Å². The molecule has 122 valence electrons. The molecule has 0 N–H and O–H groups in total. The van der Waals surface area contributed by atoms with Gasteiger partial charge in [0.15, 0.2) is 0 Å². The molecule has 0 radical (unpaired) electrons. The van der Waals surface area contributed by atoms with Crippen molar-refractivity contribution in [3.63, 3.8) is 0 Å². The first kappa shape index (κ1) is 15.9. The number of fused-ring (bicyclic) bond motifs is 1. The number of carbonyl (C=O) groups excluding carboxylic acids is 2. The van der Waals surface area contributed by atoms with E-state index in [9.17, 15) is 14.0 Å². The van der Waals surface area contributed by atoms with Crippen molar-refractivity contribution in [3.8, 4) is 0 Å². The Labute approximate surface area is 138 Å². The number of aryl methyl sites for hydroxylation is 1. The average molecular weight is 325 g/mol. The maximum atomic E-state index is 12.9. The number of rotatable bonds is 4. The molecule has 1 heterocycles. The maximum absolute atomic E-state index is 12.9. The van der Waals surface area contributed by atoms with Gasteiger partial charge >= 0.3 is 5.97 Å². The van der Waals surface area contributed by atoms with Gasteiger partial charge in [0.1, 0.15) is 5.82 Å². The van der Waals surface area contributed by atoms with Gasteiger partial charge in [-0.1, -0.05) is 30.3 Å². The second kappa shape index (κ2) is 6.66. The predicted octanol–water partition coefficient (Wildman–Crippen LogP) is 3.84. The molecule has 2 aromatic carbocycles. The number of halogens is 1. The number of aromatic nitrogens is 1. The lowest BCUT2D eigenvalue weighted by Gasteiger charge is -2.04. The molecule has 0 aliphatic carbocycles. The zero-order valence-electron chi connectivity index (χ0n) is 13.2. The Morgan fingerprint density at radius 1 is 1.08 bits per heavy atom. The molecular formula is C19H16FNO3. The first-order chi connectivity index (χ1) is 11.6. The Bertz CT molecular complexity index is 897. The van der Waals surface area contributed by atoms with E-state index in [1.54, 1.807) is 24.3 Å². The molecule has 0 spiro atoms. The summed E-state index contributed by atoms with van der Waals surface area (Å²) in [7, 11) is 1.31. The highest BCUT2D eigenvalue weighted by Gasteiger charge is 2.18. The third-order valence-electron chi connectivity index (χ3n) is 3.93. The van der Waals surface area contributed by atoms with Gasteiger partial charge in [-0.3, -0.25) is 9.36 Å². The van der Waals surface area contributed by atoms with Crippen LogP contribution in [0.15, 0.2) is 54.7 Å². The molecule has 0 aliphatic heterocycles. The molecule has 0 amide bonds. The van der Waals surface area contributed by atoms with Crippen LogP contribution in [0.3, 0.4) is 0 Å². The Kier molecular flexibility index (Phi) is 4.42. The van der Waals surface area contributed by atoms with E-state index in [1.165, 1.54) is 30.0 Å². The first-order valence-electron chi connectivity index (χ1n) is 7.56. The van der Waals surface area contributed by atoms with Crippen LogP contribution >= 0.6 is 0 Å². The lowest BCUT2D eigenvalue weighted by Crippen LogP contribution is -2.10. The van der Waals surface area contributed by atoms with E-state index in [2.05, 4.69) is 0 Å². The van der Waals surface area contributed by atoms with Gasteiger partial charge in [0.05, 0.1) is 18.2 Å². The van der Waals surface area contributed by atoms with Gasteiger partial charge in [0.2, 0.25) is 5.91 Å². The zero-order valence-corrected chi connectivity index (χ0v) is 13.2. The van der Waals surface area contributed by atoms with E-state index in [1.807, 2.05) is 12.1 Å². The summed E-state index contributed by atoms with van der Waals surface area (Å²) in [6.07, 6.45) is 2.27. The molecule has 0 atom stereocenters. The molecule has 0 saturated heterocycles. The summed E-state index contributed by atoms with van der Waals surface area (Å²) in [6, 6.07) is 13.3. The fraction of sp³-hybridized carbons (Fsp3) is 0.158. The Morgan fingerprint density at radius 3 is 2.50 bits per heavy atom. The quantitative estimate of drug-likeness (QED) is 0.685. The molecule has 3 rings (SSSR count). The fourth-order valence-corrected chi connectivity index (χ4v) is 2.68. The summed E-state index contributed by atoms with van der Waals surface area (Å²) in [4.78, 5) is 24.5. The standard InChI is InChI=1S/C19H16FNO3/c1-24-19(23)16-12-21(17-5-3-2-4-15(16)17)18(22)11-8-13-6-9-14(20)10-7-13/h2-7,9-10,12H,8,11H2,1H3. The number of carbonyl (C=O) groups is 2. The fourth-order valence-electron chi connectivity index (χ4n) is 2.68. The SMILES string of the molecule is COC(=O)c1cn(C(=O)CCc2ccc(F)cc2)c2ccccc12. The first-order valence-corrected chi connectivity index (χ1v) is 7.56. The van der Waals surface area contributed by atoms with E-state index >= 15 is 0 Å². The third-order valence-corrected chi connectivity index (χ3v) is 3.93. The normalized spacial score (nSPS) is 10.8. The van der Waals surface area contributed by atoms with Crippen LogP contribution in [0.25, 0.3) is 10.9 Å². The zero-order chi connectivity index (χ0) is 17.1. The van der Waals surface area contributed by atoms with E-state index < -0.39 is 5.97 Å². The van der Waals surface area contributed by atoms with Crippen molar-refractivity contribution in [2.45, 2.75) is 12.8 Å². The summed E-state index contributed by atoms with van der Waals surface area (Å²) in [6.45, 7) is 0. The molecule has 1 aromatic heterocycles. The largest absolute Gasteiger partial charge is 0.465 e. The van der Waals surface area contributed by atoms with Gasteiger partial charge < -0.3 is 4.74 Å². The van der Waals surface area contributed by atoms with Crippen LogP contribution in [0.1, 0.15) is 27.1 Å². The van der Waals surface area contributed by atoms with Gasteiger partial charge in [0, 0.05) is 18.0 Å². The number of para-hydroxylation sites is 1. The highest BCUT2D eigenvalue weighted by Crippen LogP contribution is 2.22. The number of hydrogen-bond acceptors (Lipinski definition) is 3. The van der Waals surface area contributed by atoms with Crippen molar-refractivity contribution in [3.05, 3.63) is 71.7 Å². The lowest BCUT2D eigenvalue weighted by molar-refractivity contribution is 0.0603. The number of ether oxygens (including phenoxy) is 1. The van der Waals surface area contributed by atoms with Crippen LogP contribution in [-0.4, -0.2) is 23.6 Å². The summed E-state index contributed by atoms with van der Waals surface area (Å²) >= 11 is 0. The lowest BCUT2D eigenvalue weighted by atomic mass is 10.1. The van der Waals surface area contributed by atoms with Gasteiger partial charge in [-0.05, 0) is 30.2 Å². The molecule has 0 bridgehead atoms. The van der Waals surface area contributed by atoms with Crippen molar-refractivity contribution in [1.29, 1.82) is 0 Å². The van der Waals surface area contributed by atoms with E-state index in [-0.39, 0.29) is 18.1 Å². The van der Waals surface area contributed by atoms with Crippen LogP contribution in [-0.2, 0) is 11.2 Å². The monoisotopic (exact) mass is 325 g/mol. The second-order valence-corrected chi connectivity index (χ2v) is 5.44. The topological polar surface area (TPSA) is 48.3 Å². The summed E-state index contributed by atoms with van der Waals surface area (Å²) in [5.74, 6) is -0.911. The predicted molar refractivity (Wildman–Crippen MR) is 88.6 cm³/mol. The van der Waals surface area contributed by atoms with Crippen LogP contribution in [0.4, 0.5) is 4.39 Å². The minimum absolute atomic E-state index is 0.134. The summed E-state index contributed by atoms with van der Waals surface area (Å²) < 4.78 is 19.2. The highest BCUT2D eigenvalue weighted by atomic mass is 19.1. The average Bonchev–Trinajstić information content (AvgIpc) is 3.00. The van der Waals surface area contributed by atoms with Crippen molar-refractivity contribution in [2.75, 3.05) is 7.11 Å². The number of hydrogen-bond donors (Lipinski definition) is 0. The number of esters is 1. The third kappa shape index (κ3) is 3.06. The van der Waals surface area contributed by atoms with Crippen molar-refractivity contribution in [2.24, 2.45) is 0 Å². The van der Waals surface area contributed by atoms with Crippen molar-refractivity contribution >= 4 is 22.8 Å². The molecular weight excluding hydrogens is 309 g/mol. The maximum Gasteiger partial charge on any atom is 0.340 e. The van der Waals surface area contributed by atoms with Crippen molar-refractivity contribution < 1.29 is 18.7 Å². The van der Waals surface area contributed by atoms with Gasteiger partial charge in [-0.2, -0.15) is 0 Å². The van der Waals surface area contributed by atoms with E-state index in [4.69, 9.17) is 4.74 Å². The van der Waals surface area contributed by atoms with Crippen molar-refractivity contribution in [1.82, 2.24) is 4.57 Å². The summed E-state index contributed by atoms with van der Waals surface area (Å²) in [5, 5.41) is 0.680. The van der Waals surface area contributed by atoms with Crippen LogP contribution in [0.5, 0.6) is 0 Å². The number of benzene rings is 2. The molecule has 24 heavy (non-hydrogen) atoms. The number of nitrogens with zero attached hydrogens (tertiary/aromatic N) is 1. The number of methoxy groups -OCH3 is 1. The molecule has 0 saturated carbocycles. The van der Waals surface area contributed by atoms with Crippen LogP contribution in [0.2, 0.25) is 0 Å². The summed E-state index contributed by atoms with van der Waals surface area (Å²) in [5.41, 5.74) is 1.92. The highest BCUT2D eigenvalue weighted by molar-refractivity contribution is 6.07. The molecule has 0 unspecified atom stereocenters. The molecule has 3 aromatic rings. The smallest absolute Gasteiger partial charge is 0.340 e. The van der Waals surface area contributed by atoms with Gasteiger partial charge in [0.25, 0.3) is 0 Å². The van der Waals surface area contributed by atoms with Gasteiger partial charge in [-0.25, -0.2) is 9.18 Å². The van der Waals surface area contributed by atoms with Crippen LogP contribution in [0, 0.1) is 5.82 Å². The molecule has 0 aliphatic rings. The Hall–Kier alpha value is -2.95. The minimum atomic E-state index is -0.476. The molecule has 4 nitrogen and oxygen atoms in total. The molecule has 0 fully saturated rings.